The minimum atomic E-state index is -0.765. The van der Waals surface area contributed by atoms with E-state index in [2.05, 4.69) is 20.9 Å². The number of pyridine rings is 1. The Kier molecular flexibility index (Phi) is 6.10. The zero-order chi connectivity index (χ0) is 22.8. The number of aliphatic hydroxyl groups excluding tert-OH is 1. The first-order chi connectivity index (χ1) is 15.4. The van der Waals surface area contributed by atoms with Gasteiger partial charge in [0.05, 0.1) is 18.7 Å². The van der Waals surface area contributed by atoms with Crippen LogP contribution in [0.1, 0.15) is 28.3 Å². The Hall–Kier alpha value is -3.45. The van der Waals surface area contributed by atoms with Crippen molar-refractivity contribution < 1.29 is 19.4 Å². The lowest BCUT2D eigenvalue weighted by Crippen LogP contribution is -2.29. The summed E-state index contributed by atoms with van der Waals surface area (Å²) in [5.41, 5.74) is 2.87. The van der Waals surface area contributed by atoms with Crippen LogP contribution < -0.4 is 4.74 Å². The van der Waals surface area contributed by atoms with Crippen molar-refractivity contribution in [2.24, 2.45) is 0 Å². The fraction of sp³-hybridized carbons (Fsp3) is 0.160. The number of aryl methyl sites for hydroxylation is 1. The summed E-state index contributed by atoms with van der Waals surface area (Å²) in [6.45, 7) is 2.07. The maximum absolute atomic E-state index is 13.1. The summed E-state index contributed by atoms with van der Waals surface area (Å²) in [5, 5.41) is 11.1. The van der Waals surface area contributed by atoms with E-state index in [9.17, 15) is 14.7 Å². The van der Waals surface area contributed by atoms with Gasteiger partial charge in [0.2, 0.25) is 0 Å². The van der Waals surface area contributed by atoms with Crippen LogP contribution >= 0.6 is 15.9 Å². The first-order valence-electron chi connectivity index (χ1n) is 9.98. The molecule has 4 rings (SSSR count). The summed E-state index contributed by atoms with van der Waals surface area (Å²) < 4.78 is 6.17. The van der Waals surface area contributed by atoms with Gasteiger partial charge in [-0.15, -0.1) is 0 Å². The van der Waals surface area contributed by atoms with Gasteiger partial charge in [-0.05, 0) is 53.9 Å². The first-order valence-corrected chi connectivity index (χ1v) is 10.8. The quantitative estimate of drug-likeness (QED) is 0.314. The van der Waals surface area contributed by atoms with Gasteiger partial charge in [0.25, 0.3) is 11.7 Å². The first kappa shape index (κ1) is 21.8. The van der Waals surface area contributed by atoms with Crippen molar-refractivity contribution in [1.29, 1.82) is 0 Å². The largest absolute Gasteiger partial charge is 0.507 e. The Labute approximate surface area is 194 Å². The Morgan fingerprint density at radius 1 is 1.16 bits per heavy atom. The smallest absolute Gasteiger partial charge is 0.295 e. The predicted octanol–water partition coefficient (Wildman–Crippen LogP) is 4.78. The molecule has 1 aromatic heterocycles. The molecule has 3 aromatic rings. The van der Waals surface area contributed by atoms with Gasteiger partial charge in [0.15, 0.2) is 0 Å². The molecule has 2 heterocycles. The van der Waals surface area contributed by atoms with E-state index in [1.165, 1.54) is 4.90 Å². The summed E-state index contributed by atoms with van der Waals surface area (Å²) in [7, 11) is 1.57. The molecule has 1 amide bonds. The number of ketones is 1. The lowest BCUT2D eigenvalue weighted by molar-refractivity contribution is -0.140. The fourth-order valence-electron chi connectivity index (χ4n) is 3.84. The zero-order valence-corrected chi connectivity index (χ0v) is 19.2. The summed E-state index contributed by atoms with van der Waals surface area (Å²) in [6, 6.07) is 15.4. The van der Waals surface area contributed by atoms with Crippen molar-refractivity contribution >= 4 is 33.4 Å². The Morgan fingerprint density at radius 2 is 1.97 bits per heavy atom. The van der Waals surface area contributed by atoms with Gasteiger partial charge in [-0.2, -0.15) is 0 Å². The maximum atomic E-state index is 13.1. The second-order valence-corrected chi connectivity index (χ2v) is 8.38. The Balaban J connectivity index is 1.84. The van der Waals surface area contributed by atoms with Crippen LogP contribution in [0.5, 0.6) is 5.75 Å². The Bertz CT molecular complexity index is 1220. The molecule has 0 aliphatic carbocycles. The topological polar surface area (TPSA) is 79.7 Å². The highest BCUT2D eigenvalue weighted by atomic mass is 79.9. The van der Waals surface area contributed by atoms with Crippen molar-refractivity contribution in [1.82, 2.24) is 9.88 Å². The maximum Gasteiger partial charge on any atom is 0.295 e. The lowest BCUT2D eigenvalue weighted by Gasteiger charge is -2.25. The van der Waals surface area contributed by atoms with Gasteiger partial charge < -0.3 is 14.7 Å². The lowest BCUT2D eigenvalue weighted by atomic mass is 9.95. The number of hydrogen-bond donors (Lipinski definition) is 1. The number of aliphatic hydroxyl groups is 1. The molecule has 0 radical (unpaired) electrons. The summed E-state index contributed by atoms with van der Waals surface area (Å²) in [4.78, 5) is 31.8. The van der Waals surface area contributed by atoms with E-state index in [4.69, 9.17) is 4.74 Å². The van der Waals surface area contributed by atoms with Crippen LogP contribution in [-0.2, 0) is 16.1 Å². The molecule has 0 bridgehead atoms. The van der Waals surface area contributed by atoms with Crippen molar-refractivity contribution in [3.05, 3.63) is 99.3 Å². The van der Waals surface area contributed by atoms with Crippen LogP contribution in [-0.4, -0.2) is 33.8 Å². The van der Waals surface area contributed by atoms with E-state index < -0.39 is 17.7 Å². The van der Waals surface area contributed by atoms with Crippen LogP contribution in [0, 0.1) is 6.92 Å². The molecule has 1 atom stereocenters. The zero-order valence-electron chi connectivity index (χ0n) is 17.6. The third-order valence-corrected chi connectivity index (χ3v) is 6.35. The standard InChI is InChI=1S/C25H21BrN2O4/c1-15-11-17(8-9-20(15)26)23(29)21-22(18-6-4-10-27-13-18)28(25(31)24(21)30)14-16-5-3-7-19(12-16)32-2/h3-13,22,29H,14H2,1-2H3/b23-21-. The van der Waals surface area contributed by atoms with E-state index in [1.54, 1.807) is 49.8 Å². The van der Waals surface area contributed by atoms with Crippen LogP contribution in [0.2, 0.25) is 0 Å². The molecule has 32 heavy (non-hydrogen) atoms. The highest BCUT2D eigenvalue weighted by Gasteiger charge is 2.46. The van der Waals surface area contributed by atoms with Gasteiger partial charge in [-0.25, -0.2) is 0 Å². The van der Waals surface area contributed by atoms with E-state index in [-0.39, 0.29) is 17.9 Å². The molecule has 0 saturated carbocycles. The van der Waals surface area contributed by atoms with Gasteiger partial charge in [-0.1, -0.05) is 40.2 Å². The molecule has 1 aliphatic rings. The van der Waals surface area contributed by atoms with E-state index >= 15 is 0 Å². The number of amides is 1. The molecule has 1 unspecified atom stereocenters. The summed E-state index contributed by atoms with van der Waals surface area (Å²) in [6.07, 6.45) is 3.23. The number of methoxy groups -OCH3 is 1. The number of ether oxygens (including phenoxy) is 1. The molecular weight excluding hydrogens is 472 g/mol. The monoisotopic (exact) mass is 492 g/mol. The van der Waals surface area contributed by atoms with Gasteiger partial charge >= 0.3 is 0 Å². The Morgan fingerprint density at radius 3 is 2.66 bits per heavy atom. The molecule has 1 saturated heterocycles. The number of halogens is 1. The second-order valence-electron chi connectivity index (χ2n) is 7.53. The molecule has 7 heteroatoms. The van der Waals surface area contributed by atoms with Crippen molar-refractivity contribution in [3.8, 4) is 5.75 Å². The molecule has 0 spiro atoms. The average molecular weight is 493 g/mol. The molecular formula is C25H21BrN2O4. The number of aromatic nitrogens is 1. The highest BCUT2D eigenvalue weighted by Crippen LogP contribution is 2.40. The van der Waals surface area contributed by atoms with Crippen LogP contribution in [0.4, 0.5) is 0 Å². The molecule has 1 N–H and O–H groups in total. The van der Waals surface area contributed by atoms with Crippen LogP contribution in [0.3, 0.4) is 0 Å². The number of rotatable bonds is 5. The number of benzene rings is 2. The SMILES string of the molecule is COc1cccc(CN2C(=O)C(=O)/C(=C(\O)c3ccc(Br)c(C)c3)C2c2cccnc2)c1. The minimum Gasteiger partial charge on any atom is -0.507 e. The van der Waals surface area contributed by atoms with E-state index in [0.717, 1.165) is 15.6 Å². The minimum absolute atomic E-state index is 0.0487. The van der Waals surface area contributed by atoms with Gasteiger partial charge in [0.1, 0.15) is 11.5 Å². The van der Waals surface area contributed by atoms with Crippen molar-refractivity contribution in [2.45, 2.75) is 19.5 Å². The van der Waals surface area contributed by atoms with Crippen molar-refractivity contribution in [3.63, 3.8) is 0 Å². The third-order valence-electron chi connectivity index (χ3n) is 5.46. The number of carbonyl (C=O) groups is 2. The number of likely N-dealkylation sites (tertiary alicyclic amines) is 1. The molecule has 162 valence electrons. The van der Waals surface area contributed by atoms with Crippen LogP contribution in [0.15, 0.2) is 77.0 Å². The predicted molar refractivity (Wildman–Crippen MR) is 124 cm³/mol. The third kappa shape index (κ3) is 4.03. The fourth-order valence-corrected chi connectivity index (χ4v) is 4.09. The molecule has 6 nitrogen and oxygen atoms in total. The number of carbonyl (C=O) groups excluding carboxylic acids is 2. The van der Waals surface area contributed by atoms with Gasteiger partial charge in [0, 0.05) is 29.0 Å². The number of hydrogen-bond acceptors (Lipinski definition) is 5. The number of nitrogens with zero attached hydrogens (tertiary/aromatic N) is 2. The van der Waals surface area contributed by atoms with Crippen LogP contribution in [0.25, 0.3) is 5.76 Å². The molecule has 1 fully saturated rings. The normalized spacial score (nSPS) is 17.6. The molecule has 1 aliphatic heterocycles. The summed E-state index contributed by atoms with van der Waals surface area (Å²) in [5.74, 6) is -0.944. The average Bonchev–Trinajstić information content (AvgIpc) is 3.06. The second kappa shape index (κ2) is 8.96. The summed E-state index contributed by atoms with van der Waals surface area (Å²) >= 11 is 3.44. The van der Waals surface area contributed by atoms with E-state index in [0.29, 0.717) is 16.9 Å². The number of Topliss-reactive ketones (excluding diaryl/α,β-unsaturated/α-hetero) is 1. The van der Waals surface area contributed by atoms with Gasteiger partial charge in [-0.3, -0.25) is 14.6 Å². The van der Waals surface area contributed by atoms with Crippen molar-refractivity contribution in [2.75, 3.05) is 7.11 Å². The van der Waals surface area contributed by atoms with E-state index in [1.807, 2.05) is 31.2 Å². The highest BCUT2D eigenvalue weighted by molar-refractivity contribution is 9.10. The molecule has 2 aromatic carbocycles.